The number of fused-ring (bicyclic) bond motifs is 2. The third-order valence-corrected chi connectivity index (χ3v) is 4.34. The van der Waals surface area contributed by atoms with Gasteiger partial charge in [-0.05, 0) is 31.4 Å². The molecule has 4 heteroatoms. The van der Waals surface area contributed by atoms with Crippen LogP contribution < -0.4 is 0 Å². The molecule has 1 fully saturated rings. The maximum absolute atomic E-state index is 13.7. The molecule has 2 aliphatic heterocycles. The van der Waals surface area contributed by atoms with Crippen LogP contribution in [0.2, 0.25) is 5.02 Å². The van der Waals surface area contributed by atoms with Crippen molar-refractivity contribution in [3.8, 4) is 0 Å². The van der Waals surface area contributed by atoms with Gasteiger partial charge in [-0.3, -0.25) is 4.79 Å². The lowest BCUT2D eigenvalue weighted by atomic mass is 10.1. The quantitative estimate of drug-likeness (QED) is 0.761. The Balaban J connectivity index is 1.81. The highest BCUT2D eigenvalue weighted by Gasteiger charge is 2.37. The Labute approximate surface area is 116 Å². The summed E-state index contributed by atoms with van der Waals surface area (Å²) >= 11 is 5.98. The van der Waals surface area contributed by atoms with Crippen LogP contribution in [0.4, 0.5) is 4.39 Å². The van der Waals surface area contributed by atoms with Crippen LogP contribution in [-0.2, 0) is 11.2 Å². The fourth-order valence-electron chi connectivity index (χ4n) is 3.06. The van der Waals surface area contributed by atoms with Gasteiger partial charge in [0.2, 0.25) is 5.91 Å². The number of carbonyl (C=O) groups is 1. The Morgan fingerprint density at radius 1 is 1.42 bits per heavy atom. The Kier molecular flexibility index (Phi) is 3.31. The van der Waals surface area contributed by atoms with Gasteiger partial charge < -0.3 is 4.90 Å². The Bertz CT molecular complexity index is 523. The summed E-state index contributed by atoms with van der Waals surface area (Å²) < 4.78 is 13.7. The van der Waals surface area contributed by atoms with E-state index >= 15 is 0 Å². The molecule has 2 nitrogen and oxygen atoms in total. The lowest BCUT2D eigenvalue weighted by Crippen LogP contribution is -2.43. The van der Waals surface area contributed by atoms with E-state index in [1.54, 1.807) is 12.1 Å². The van der Waals surface area contributed by atoms with Crippen molar-refractivity contribution in [1.29, 1.82) is 0 Å². The fourth-order valence-corrected chi connectivity index (χ4v) is 3.29. The molecule has 0 aromatic heterocycles. The topological polar surface area (TPSA) is 20.3 Å². The molecule has 19 heavy (non-hydrogen) atoms. The molecule has 0 spiro atoms. The van der Waals surface area contributed by atoms with E-state index in [1.807, 2.05) is 4.90 Å². The van der Waals surface area contributed by atoms with E-state index in [0.717, 1.165) is 19.3 Å². The molecular weight excluding hydrogens is 265 g/mol. The van der Waals surface area contributed by atoms with Crippen LogP contribution in [0.25, 0.3) is 0 Å². The van der Waals surface area contributed by atoms with Crippen LogP contribution in [0.5, 0.6) is 0 Å². The second-order valence-corrected chi connectivity index (χ2v) is 5.55. The van der Waals surface area contributed by atoms with Crippen molar-refractivity contribution in [1.82, 2.24) is 4.90 Å². The number of nitrogens with zero attached hydrogens (tertiary/aromatic N) is 1. The van der Waals surface area contributed by atoms with Crippen LogP contribution in [0.1, 0.15) is 24.8 Å². The third kappa shape index (κ3) is 2.27. The van der Waals surface area contributed by atoms with Gasteiger partial charge in [0.25, 0.3) is 0 Å². The second kappa shape index (κ2) is 4.97. The van der Waals surface area contributed by atoms with Gasteiger partial charge in [-0.25, -0.2) is 4.39 Å². The van der Waals surface area contributed by atoms with Gasteiger partial charge in [0.1, 0.15) is 5.82 Å². The number of hydrogen-bond donors (Lipinski definition) is 0. The van der Waals surface area contributed by atoms with Crippen molar-refractivity contribution >= 4 is 17.5 Å². The van der Waals surface area contributed by atoms with Gasteiger partial charge in [0.15, 0.2) is 0 Å². The molecule has 2 heterocycles. The zero-order chi connectivity index (χ0) is 13.4. The van der Waals surface area contributed by atoms with Gasteiger partial charge in [-0.15, -0.1) is 0 Å². The summed E-state index contributed by atoms with van der Waals surface area (Å²) in [5.74, 6) is -0.426. The van der Waals surface area contributed by atoms with Crippen LogP contribution >= 0.6 is 11.6 Å². The van der Waals surface area contributed by atoms with E-state index in [1.165, 1.54) is 6.07 Å². The largest absolute Gasteiger partial charge is 0.333 e. The van der Waals surface area contributed by atoms with Crippen molar-refractivity contribution in [3.05, 3.63) is 46.8 Å². The molecule has 0 unspecified atom stereocenters. The van der Waals surface area contributed by atoms with Crippen LogP contribution in [0, 0.1) is 5.82 Å². The molecule has 1 amide bonds. The first-order valence-electron chi connectivity index (χ1n) is 6.57. The first-order chi connectivity index (χ1) is 9.16. The molecule has 0 radical (unpaired) electrons. The van der Waals surface area contributed by atoms with Crippen molar-refractivity contribution in [3.63, 3.8) is 0 Å². The van der Waals surface area contributed by atoms with E-state index in [-0.39, 0.29) is 24.4 Å². The molecule has 3 rings (SSSR count). The molecule has 0 N–H and O–H groups in total. The third-order valence-electron chi connectivity index (χ3n) is 3.99. The van der Waals surface area contributed by atoms with Crippen molar-refractivity contribution in [2.24, 2.45) is 0 Å². The molecule has 1 saturated heterocycles. The number of halogens is 2. The summed E-state index contributed by atoms with van der Waals surface area (Å²) in [5, 5.41) is 0.327. The number of amides is 1. The lowest BCUT2D eigenvalue weighted by Gasteiger charge is -2.31. The van der Waals surface area contributed by atoms with Crippen molar-refractivity contribution in [2.45, 2.75) is 37.8 Å². The normalized spacial score (nSPS) is 24.8. The molecular formula is C15H15ClFNO. The lowest BCUT2D eigenvalue weighted by molar-refractivity contribution is -0.132. The van der Waals surface area contributed by atoms with E-state index in [0.29, 0.717) is 10.6 Å². The van der Waals surface area contributed by atoms with Gasteiger partial charge >= 0.3 is 0 Å². The number of hydrogen-bond acceptors (Lipinski definition) is 1. The molecule has 2 atom stereocenters. The van der Waals surface area contributed by atoms with E-state index in [2.05, 4.69) is 12.2 Å². The molecule has 1 aromatic rings. The monoisotopic (exact) mass is 279 g/mol. The average molecular weight is 280 g/mol. The van der Waals surface area contributed by atoms with Crippen molar-refractivity contribution < 1.29 is 9.18 Å². The number of benzene rings is 1. The predicted molar refractivity (Wildman–Crippen MR) is 72.5 cm³/mol. The van der Waals surface area contributed by atoms with E-state index in [9.17, 15) is 9.18 Å². The first-order valence-corrected chi connectivity index (χ1v) is 6.95. The fraction of sp³-hybridized carbons (Fsp3) is 0.400. The summed E-state index contributed by atoms with van der Waals surface area (Å²) in [7, 11) is 0. The maximum atomic E-state index is 13.7. The Hall–Kier alpha value is -1.35. The van der Waals surface area contributed by atoms with Crippen LogP contribution in [0.15, 0.2) is 30.4 Å². The van der Waals surface area contributed by atoms with Gasteiger partial charge in [-0.2, -0.15) is 0 Å². The molecule has 1 aromatic carbocycles. The number of rotatable bonds is 2. The predicted octanol–water partition coefficient (Wildman–Crippen LogP) is 3.34. The minimum Gasteiger partial charge on any atom is -0.333 e. The summed E-state index contributed by atoms with van der Waals surface area (Å²) in [6.45, 7) is 0. The highest BCUT2D eigenvalue weighted by molar-refractivity contribution is 6.31. The van der Waals surface area contributed by atoms with Gasteiger partial charge in [0, 0.05) is 16.6 Å². The SMILES string of the molecule is O=C(Cc1c(F)cccc1Cl)N1[C@H]2CC=C[C@H]1CC2. The number of carbonyl (C=O) groups excluding carboxylic acids is 1. The van der Waals surface area contributed by atoms with Crippen LogP contribution in [0.3, 0.4) is 0 Å². The van der Waals surface area contributed by atoms with E-state index in [4.69, 9.17) is 11.6 Å². The minimum absolute atomic E-state index is 0.0242. The van der Waals surface area contributed by atoms with E-state index < -0.39 is 5.82 Å². The van der Waals surface area contributed by atoms with Crippen molar-refractivity contribution in [2.75, 3.05) is 0 Å². The summed E-state index contributed by atoms with van der Waals surface area (Å²) in [4.78, 5) is 14.3. The molecule has 100 valence electrons. The Morgan fingerprint density at radius 2 is 2.26 bits per heavy atom. The highest BCUT2D eigenvalue weighted by Crippen LogP contribution is 2.32. The van der Waals surface area contributed by atoms with Crippen LogP contribution in [-0.4, -0.2) is 22.9 Å². The zero-order valence-corrected chi connectivity index (χ0v) is 11.2. The molecule has 2 aliphatic rings. The highest BCUT2D eigenvalue weighted by atomic mass is 35.5. The summed E-state index contributed by atoms with van der Waals surface area (Å²) in [6, 6.07) is 5.00. The maximum Gasteiger partial charge on any atom is 0.227 e. The summed E-state index contributed by atoms with van der Waals surface area (Å²) in [5.41, 5.74) is 0.308. The molecule has 0 saturated carbocycles. The zero-order valence-electron chi connectivity index (χ0n) is 10.5. The Morgan fingerprint density at radius 3 is 3.00 bits per heavy atom. The second-order valence-electron chi connectivity index (χ2n) is 5.14. The van der Waals surface area contributed by atoms with Gasteiger partial charge in [0.05, 0.1) is 12.5 Å². The standard InChI is InChI=1S/C15H15ClFNO/c16-13-5-2-6-14(17)12(13)9-15(19)18-10-3-1-4-11(18)8-7-10/h1-3,5-6,10-11H,4,7-9H2/t10-,11-/m0/s1. The first kappa shape index (κ1) is 12.7. The minimum atomic E-state index is -0.402. The molecule has 0 aliphatic carbocycles. The molecule has 2 bridgehead atoms. The smallest absolute Gasteiger partial charge is 0.227 e. The van der Waals surface area contributed by atoms with Gasteiger partial charge in [-0.1, -0.05) is 29.8 Å². The summed E-state index contributed by atoms with van der Waals surface area (Å²) in [6.07, 6.45) is 7.23. The average Bonchev–Trinajstić information content (AvgIpc) is 2.64.